The van der Waals surface area contributed by atoms with Crippen molar-refractivity contribution >= 4 is 0 Å². The van der Waals surface area contributed by atoms with Gasteiger partial charge in [-0.25, -0.2) is 0 Å². The molecule has 0 aromatic carbocycles. The van der Waals surface area contributed by atoms with E-state index in [4.69, 9.17) is 0 Å². The van der Waals surface area contributed by atoms with Gasteiger partial charge in [0.1, 0.15) is 0 Å². The maximum atomic E-state index is 2.46. The molecule has 0 amide bonds. The molecule has 0 unspecified atom stereocenters. The zero-order chi connectivity index (χ0) is 8.60. The molecular weight excluding hydrogens is 273 g/mol. The Kier molecular flexibility index (Phi) is 4.05. The van der Waals surface area contributed by atoms with Crippen molar-refractivity contribution in [2.24, 2.45) is 11.8 Å². The first kappa shape index (κ1) is 11.8. The third kappa shape index (κ3) is 2.58. The Morgan fingerprint density at radius 1 is 1.00 bits per heavy atom. The third-order valence-corrected chi connectivity index (χ3v) is 4.13. The lowest BCUT2D eigenvalue weighted by atomic mass is 9.84. The first-order chi connectivity index (χ1) is 5.72. The average Bonchev–Trinajstić information content (AvgIpc) is 2.32. The van der Waals surface area contributed by atoms with Crippen LogP contribution in [-0.4, -0.2) is 31.2 Å². The molecule has 78 valence electrons. The third-order valence-electron chi connectivity index (χ3n) is 4.13. The Morgan fingerprint density at radius 3 is 1.69 bits per heavy atom. The molecule has 0 spiro atoms. The molecule has 2 aliphatic heterocycles. The molecule has 13 heavy (non-hydrogen) atoms. The molecule has 3 fully saturated rings. The fourth-order valence-corrected chi connectivity index (χ4v) is 3.18. The Balaban J connectivity index is 0.000000845. The lowest BCUT2D eigenvalue weighted by molar-refractivity contribution is -0.911. The van der Waals surface area contributed by atoms with Gasteiger partial charge in [-0.05, 0) is 32.6 Å². The molecule has 2 heteroatoms. The molecule has 0 radical (unpaired) electrons. The fraction of sp³-hybridized carbons (Fsp3) is 1.00. The highest BCUT2D eigenvalue weighted by molar-refractivity contribution is 4.76. The molecule has 0 aromatic heterocycles. The van der Waals surface area contributed by atoms with Crippen molar-refractivity contribution in [1.82, 2.24) is 0 Å². The molecule has 0 atom stereocenters. The van der Waals surface area contributed by atoms with Crippen molar-refractivity contribution in [1.29, 1.82) is 0 Å². The van der Waals surface area contributed by atoms with Gasteiger partial charge in [-0.15, -0.1) is 0 Å². The molecule has 3 aliphatic rings. The second-order valence-electron chi connectivity index (χ2n) is 5.19. The van der Waals surface area contributed by atoms with E-state index in [1.165, 1.54) is 49.8 Å². The molecule has 1 aliphatic carbocycles. The fourth-order valence-electron chi connectivity index (χ4n) is 3.18. The van der Waals surface area contributed by atoms with E-state index < -0.39 is 0 Å². The Bertz CT molecular complexity index is 147. The standard InChI is InChI=1S/C11H22N.HI/c1-3-12(2)8-10-4-5-11(9-12)7-6-10;/h10-11H,3-9H2,1-2H3;1H/q+1;/p-1. The normalized spacial score (nSPS) is 43.8. The number of hydrogen-bond acceptors (Lipinski definition) is 0. The molecule has 2 saturated heterocycles. The van der Waals surface area contributed by atoms with Gasteiger partial charge in [0.25, 0.3) is 0 Å². The van der Waals surface area contributed by atoms with E-state index in [9.17, 15) is 0 Å². The van der Waals surface area contributed by atoms with Crippen molar-refractivity contribution in [3.8, 4) is 0 Å². The Hall–Kier alpha value is 0.690. The van der Waals surface area contributed by atoms with Crippen LogP contribution >= 0.6 is 0 Å². The quantitative estimate of drug-likeness (QED) is 0.442. The largest absolute Gasteiger partial charge is 1.00 e. The van der Waals surface area contributed by atoms with Gasteiger partial charge >= 0.3 is 0 Å². The molecule has 2 bridgehead atoms. The molecule has 2 heterocycles. The lowest BCUT2D eigenvalue weighted by Gasteiger charge is -2.33. The van der Waals surface area contributed by atoms with E-state index in [2.05, 4.69) is 14.0 Å². The van der Waals surface area contributed by atoms with E-state index in [0.717, 1.165) is 11.8 Å². The number of hydrogen-bond donors (Lipinski definition) is 0. The molecule has 1 nitrogen and oxygen atoms in total. The Morgan fingerprint density at radius 2 is 1.38 bits per heavy atom. The van der Waals surface area contributed by atoms with Gasteiger partial charge in [0.15, 0.2) is 0 Å². The Labute approximate surface area is 99.5 Å². The minimum absolute atomic E-state index is 0. The first-order valence-corrected chi connectivity index (χ1v) is 5.55. The van der Waals surface area contributed by atoms with Gasteiger partial charge in [-0.1, -0.05) is 0 Å². The van der Waals surface area contributed by atoms with Gasteiger partial charge in [0.2, 0.25) is 0 Å². The zero-order valence-electron chi connectivity index (χ0n) is 8.93. The van der Waals surface area contributed by atoms with Crippen molar-refractivity contribution < 1.29 is 28.5 Å². The number of rotatable bonds is 1. The number of nitrogens with zero attached hydrogens (tertiary/aromatic N) is 1. The smallest absolute Gasteiger partial charge is 0.0813 e. The molecular formula is C11H22IN. The van der Waals surface area contributed by atoms with Crippen LogP contribution in [-0.2, 0) is 0 Å². The monoisotopic (exact) mass is 295 g/mol. The summed E-state index contributed by atoms with van der Waals surface area (Å²) in [5, 5.41) is 0. The maximum absolute atomic E-state index is 2.46. The minimum atomic E-state index is 0. The number of quaternary nitrogens is 1. The highest BCUT2D eigenvalue weighted by atomic mass is 127. The van der Waals surface area contributed by atoms with Crippen LogP contribution in [0.1, 0.15) is 32.6 Å². The van der Waals surface area contributed by atoms with Crippen molar-refractivity contribution in [2.75, 3.05) is 26.7 Å². The van der Waals surface area contributed by atoms with E-state index in [0.29, 0.717) is 0 Å². The summed E-state index contributed by atoms with van der Waals surface area (Å²) in [4.78, 5) is 0. The zero-order valence-corrected chi connectivity index (χ0v) is 11.1. The SMILES string of the molecule is CC[N+]1(C)CC2CCC(CC2)C1.[I-]. The van der Waals surface area contributed by atoms with Crippen LogP contribution in [0.5, 0.6) is 0 Å². The number of halogens is 1. The van der Waals surface area contributed by atoms with Crippen molar-refractivity contribution in [3.05, 3.63) is 0 Å². The summed E-state index contributed by atoms with van der Waals surface area (Å²) in [5.74, 6) is 2.13. The predicted octanol–water partition coefficient (Wildman–Crippen LogP) is -0.723. The summed E-state index contributed by atoms with van der Waals surface area (Å²) >= 11 is 0. The van der Waals surface area contributed by atoms with Crippen LogP contribution < -0.4 is 24.0 Å². The van der Waals surface area contributed by atoms with E-state index >= 15 is 0 Å². The van der Waals surface area contributed by atoms with Crippen LogP contribution in [0.3, 0.4) is 0 Å². The van der Waals surface area contributed by atoms with Crippen LogP contribution in [0.4, 0.5) is 0 Å². The summed E-state index contributed by atoms with van der Waals surface area (Å²) < 4.78 is 1.36. The molecule has 0 aromatic rings. The highest BCUT2D eigenvalue weighted by Crippen LogP contribution is 2.36. The molecule has 3 rings (SSSR count). The van der Waals surface area contributed by atoms with Crippen LogP contribution in [0.25, 0.3) is 0 Å². The second-order valence-corrected chi connectivity index (χ2v) is 5.19. The van der Waals surface area contributed by atoms with Gasteiger partial charge in [-0.3, -0.25) is 0 Å². The van der Waals surface area contributed by atoms with Crippen molar-refractivity contribution in [2.45, 2.75) is 32.6 Å². The topological polar surface area (TPSA) is 0 Å². The molecule has 0 N–H and O–H groups in total. The maximum Gasteiger partial charge on any atom is 0.0813 e. The molecule has 1 saturated carbocycles. The van der Waals surface area contributed by atoms with Crippen LogP contribution in [0, 0.1) is 11.8 Å². The highest BCUT2D eigenvalue weighted by Gasteiger charge is 2.36. The van der Waals surface area contributed by atoms with Gasteiger partial charge < -0.3 is 28.5 Å². The summed E-state index contributed by atoms with van der Waals surface area (Å²) in [5.41, 5.74) is 0. The van der Waals surface area contributed by atoms with E-state index in [-0.39, 0.29) is 24.0 Å². The van der Waals surface area contributed by atoms with Crippen molar-refractivity contribution in [3.63, 3.8) is 0 Å². The summed E-state index contributed by atoms with van der Waals surface area (Å²) in [6.45, 7) is 6.62. The van der Waals surface area contributed by atoms with Gasteiger partial charge in [-0.2, -0.15) is 0 Å². The first-order valence-electron chi connectivity index (χ1n) is 5.55. The van der Waals surface area contributed by atoms with E-state index in [1.807, 2.05) is 0 Å². The number of fused-ring (bicyclic) bond motifs is 4. The van der Waals surface area contributed by atoms with E-state index in [1.54, 1.807) is 0 Å². The minimum Gasteiger partial charge on any atom is -1.00 e. The summed E-state index contributed by atoms with van der Waals surface area (Å²) in [7, 11) is 2.46. The average molecular weight is 295 g/mol. The lowest BCUT2D eigenvalue weighted by Crippen LogP contribution is -3.00. The summed E-state index contributed by atoms with van der Waals surface area (Å²) in [6, 6.07) is 0. The van der Waals surface area contributed by atoms with Gasteiger partial charge in [0, 0.05) is 11.8 Å². The predicted molar refractivity (Wildman–Crippen MR) is 51.9 cm³/mol. The second kappa shape index (κ2) is 4.47. The van der Waals surface area contributed by atoms with Gasteiger partial charge in [0.05, 0.1) is 26.7 Å². The van der Waals surface area contributed by atoms with Crippen LogP contribution in [0.2, 0.25) is 0 Å². The summed E-state index contributed by atoms with van der Waals surface area (Å²) in [6.07, 6.45) is 6.11. The van der Waals surface area contributed by atoms with Crippen LogP contribution in [0.15, 0.2) is 0 Å².